The van der Waals surface area contributed by atoms with Crippen molar-refractivity contribution in [3.63, 3.8) is 0 Å². The van der Waals surface area contributed by atoms with Crippen molar-refractivity contribution in [2.75, 3.05) is 26.1 Å². The van der Waals surface area contributed by atoms with Crippen LogP contribution in [0.1, 0.15) is 19.3 Å². The molecule has 1 aromatic carbocycles. The molecule has 0 radical (unpaired) electrons. The number of sulfonamides is 1. The number of rotatable bonds is 9. The molecule has 1 unspecified atom stereocenters. The van der Waals surface area contributed by atoms with Crippen LogP contribution in [0.3, 0.4) is 0 Å². The lowest BCUT2D eigenvalue weighted by atomic mass is 10.2. The van der Waals surface area contributed by atoms with Crippen LogP contribution >= 0.6 is 12.4 Å². The molecule has 1 aliphatic rings. The van der Waals surface area contributed by atoms with Gasteiger partial charge in [0.2, 0.25) is 15.9 Å². The second-order valence-electron chi connectivity index (χ2n) is 5.60. The van der Waals surface area contributed by atoms with E-state index in [0.717, 1.165) is 12.8 Å². The number of methoxy groups -OCH3 is 2. The van der Waals surface area contributed by atoms with E-state index in [2.05, 4.69) is 10.0 Å². The maximum absolute atomic E-state index is 12.3. The van der Waals surface area contributed by atoms with Gasteiger partial charge >= 0.3 is 0 Å². The molecule has 25 heavy (non-hydrogen) atoms. The summed E-state index contributed by atoms with van der Waals surface area (Å²) in [5.74, 6) is 0.0331. The van der Waals surface area contributed by atoms with E-state index in [-0.39, 0.29) is 47.9 Å². The maximum atomic E-state index is 12.3. The Hall–Kier alpha value is -1.39. The monoisotopic (exact) mass is 393 g/mol. The van der Waals surface area contributed by atoms with Gasteiger partial charge < -0.3 is 20.5 Å². The normalized spacial score (nSPS) is 15.2. The molecule has 1 amide bonds. The Morgan fingerprint density at radius 2 is 2.04 bits per heavy atom. The van der Waals surface area contributed by atoms with Gasteiger partial charge in [0.05, 0.1) is 30.2 Å². The minimum absolute atomic E-state index is 0. The maximum Gasteiger partial charge on any atom is 0.240 e. The molecule has 1 fully saturated rings. The smallest absolute Gasteiger partial charge is 0.240 e. The van der Waals surface area contributed by atoms with E-state index in [1.807, 2.05) is 0 Å². The molecule has 0 saturated heterocycles. The van der Waals surface area contributed by atoms with Gasteiger partial charge in [0.25, 0.3) is 0 Å². The molecule has 1 saturated carbocycles. The summed E-state index contributed by atoms with van der Waals surface area (Å²) in [4.78, 5) is 12.2. The molecule has 4 N–H and O–H groups in total. The number of hydrogen-bond acceptors (Lipinski definition) is 6. The minimum Gasteiger partial charge on any atom is -0.495 e. The number of hydrogen-bond donors (Lipinski definition) is 3. The molecule has 2 rings (SSSR count). The number of nitrogens with two attached hydrogens (primary N) is 1. The minimum atomic E-state index is -3.61. The lowest BCUT2D eigenvalue weighted by Gasteiger charge is -2.15. The number of halogens is 1. The molecule has 8 nitrogen and oxygen atoms in total. The summed E-state index contributed by atoms with van der Waals surface area (Å²) >= 11 is 0. The number of carbonyl (C=O) groups is 1. The zero-order valence-electron chi connectivity index (χ0n) is 14.2. The van der Waals surface area contributed by atoms with Crippen LogP contribution in [0.4, 0.5) is 5.69 Å². The molecule has 142 valence electrons. The van der Waals surface area contributed by atoms with Crippen LogP contribution in [0, 0.1) is 0 Å². The summed E-state index contributed by atoms with van der Waals surface area (Å²) in [5, 5.41) is 2.65. The van der Waals surface area contributed by atoms with Gasteiger partial charge in [-0.15, -0.1) is 12.4 Å². The van der Waals surface area contributed by atoms with Crippen molar-refractivity contribution in [2.24, 2.45) is 5.73 Å². The largest absolute Gasteiger partial charge is 0.495 e. The first-order chi connectivity index (χ1) is 11.4. The number of ether oxygens (including phenoxy) is 2. The van der Waals surface area contributed by atoms with Crippen molar-refractivity contribution < 1.29 is 22.7 Å². The second-order valence-corrected chi connectivity index (χ2v) is 7.32. The number of amides is 1. The number of carbonyl (C=O) groups excluding carboxylic acids is 1. The van der Waals surface area contributed by atoms with Crippen LogP contribution in [0.25, 0.3) is 0 Å². The molecular weight excluding hydrogens is 370 g/mol. The van der Waals surface area contributed by atoms with Crippen molar-refractivity contribution in [3.05, 3.63) is 18.2 Å². The van der Waals surface area contributed by atoms with Crippen LogP contribution in [0.5, 0.6) is 5.75 Å². The first-order valence-electron chi connectivity index (χ1n) is 7.62. The summed E-state index contributed by atoms with van der Waals surface area (Å²) in [6.07, 6.45) is 1.35. The van der Waals surface area contributed by atoms with Crippen molar-refractivity contribution in [3.8, 4) is 5.75 Å². The van der Waals surface area contributed by atoms with Crippen LogP contribution in [-0.4, -0.2) is 47.2 Å². The third-order valence-electron chi connectivity index (χ3n) is 3.66. The summed E-state index contributed by atoms with van der Waals surface area (Å²) in [7, 11) is -0.696. The highest BCUT2D eigenvalue weighted by molar-refractivity contribution is 7.89. The Balaban J connectivity index is 0.00000312. The molecule has 0 aromatic heterocycles. The number of benzene rings is 1. The first kappa shape index (κ1) is 21.7. The summed E-state index contributed by atoms with van der Waals surface area (Å²) in [6.45, 7) is 0.209. The fourth-order valence-electron chi connectivity index (χ4n) is 2.11. The van der Waals surface area contributed by atoms with E-state index in [1.54, 1.807) is 0 Å². The fourth-order valence-corrected chi connectivity index (χ4v) is 3.44. The molecule has 1 aromatic rings. The highest BCUT2D eigenvalue weighted by Gasteiger charge is 2.28. The lowest BCUT2D eigenvalue weighted by molar-refractivity contribution is -0.118. The highest BCUT2D eigenvalue weighted by Crippen LogP contribution is 2.29. The van der Waals surface area contributed by atoms with Gasteiger partial charge in [-0.05, 0) is 31.0 Å². The van der Waals surface area contributed by atoms with E-state index in [1.165, 1.54) is 32.4 Å². The van der Waals surface area contributed by atoms with Gasteiger partial charge in [-0.25, -0.2) is 13.1 Å². The quantitative estimate of drug-likeness (QED) is 0.572. The molecule has 1 aliphatic carbocycles. The van der Waals surface area contributed by atoms with Gasteiger partial charge in [0.1, 0.15) is 5.75 Å². The predicted molar refractivity (Wildman–Crippen MR) is 96.7 cm³/mol. The Morgan fingerprint density at radius 3 is 2.56 bits per heavy atom. The average molecular weight is 394 g/mol. The Morgan fingerprint density at radius 1 is 1.36 bits per heavy atom. The molecule has 1 atom stereocenters. The second kappa shape index (κ2) is 9.35. The Bertz CT molecular complexity index is 690. The topological polar surface area (TPSA) is 120 Å². The van der Waals surface area contributed by atoms with Crippen molar-refractivity contribution in [1.29, 1.82) is 0 Å². The van der Waals surface area contributed by atoms with E-state index in [4.69, 9.17) is 15.2 Å². The fraction of sp³-hybridized carbons (Fsp3) is 0.533. The van der Waals surface area contributed by atoms with Gasteiger partial charge in [-0.2, -0.15) is 0 Å². The zero-order chi connectivity index (χ0) is 17.7. The molecule has 0 heterocycles. The van der Waals surface area contributed by atoms with Crippen molar-refractivity contribution >= 4 is 34.0 Å². The predicted octanol–water partition coefficient (Wildman–Crippen LogP) is 0.860. The lowest BCUT2D eigenvalue weighted by Crippen LogP contribution is -2.28. The van der Waals surface area contributed by atoms with Crippen molar-refractivity contribution in [2.45, 2.75) is 36.3 Å². The first-order valence-corrected chi connectivity index (χ1v) is 9.11. The molecule has 0 spiro atoms. The van der Waals surface area contributed by atoms with Gasteiger partial charge in [-0.3, -0.25) is 4.79 Å². The van der Waals surface area contributed by atoms with Gasteiger partial charge in [0.15, 0.2) is 0 Å². The van der Waals surface area contributed by atoms with Crippen LogP contribution < -0.4 is 20.5 Å². The van der Waals surface area contributed by atoms with Gasteiger partial charge in [-0.1, -0.05) is 0 Å². The summed E-state index contributed by atoms with van der Waals surface area (Å²) in [5.41, 5.74) is 5.78. The van der Waals surface area contributed by atoms with E-state index >= 15 is 0 Å². The highest BCUT2D eigenvalue weighted by atomic mass is 35.5. The molecule has 0 aliphatic heterocycles. The van der Waals surface area contributed by atoms with E-state index in [0.29, 0.717) is 5.75 Å². The molecular formula is C15H24ClN3O5S. The van der Waals surface area contributed by atoms with Gasteiger partial charge in [0, 0.05) is 19.7 Å². The van der Waals surface area contributed by atoms with E-state index < -0.39 is 16.1 Å². The average Bonchev–Trinajstić information content (AvgIpc) is 3.35. The van der Waals surface area contributed by atoms with E-state index in [9.17, 15) is 13.2 Å². The Kier molecular flexibility index (Phi) is 8.10. The Labute approximate surface area is 153 Å². The SMILES string of the molecule is COc1ccc(S(=O)(=O)NC2CC2)cc1NC(=O)CC(CN)OC.Cl. The number of nitrogens with one attached hydrogen (secondary N) is 2. The van der Waals surface area contributed by atoms with Crippen LogP contribution in [0.2, 0.25) is 0 Å². The van der Waals surface area contributed by atoms with Crippen LogP contribution in [-0.2, 0) is 19.6 Å². The third kappa shape index (κ3) is 6.12. The molecule has 10 heteroatoms. The van der Waals surface area contributed by atoms with Crippen LogP contribution in [0.15, 0.2) is 23.1 Å². The number of anilines is 1. The third-order valence-corrected chi connectivity index (χ3v) is 5.18. The summed E-state index contributed by atoms with van der Waals surface area (Å²) < 4.78 is 37.4. The van der Waals surface area contributed by atoms with Crippen molar-refractivity contribution in [1.82, 2.24) is 4.72 Å². The standard InChI is InChI=1S/C15H23N3O5S.ClH/c1-22-11(9-16)7-15(19)17-13-8-12(5-6-14(13)23-2)24(20,21)18-10-3-4-10;/h5-6,8,10-11,18H,3-4,7,9,16H2,1-2H3,(H,17,19);1H. The summed E-state index contributed by atoms with van der Waals surface area (Å²) in [6, 6.07) is 4.33. The zero-order valence-corrected chi connectivity index (χ0v) is 15.8. The molecule has 0 bridgehead atoms.